The summed E-state index contributed by atoms with van der Waals surface area (Å²) in [7, 11) is 0. The summed E-state index contributed by atoms with van der Waals surface area (Å²) in [5.41, 5.74) is 3.78. The lowest BCUT2D eigenvalue weighted by atomic mass is 10.1. The number of hydrogen-bond donors (Lipinski definition) is 0. The fourth-order valence-electron chi connectivity index (χ4n) is 1.40. The molecular weight excluding hydrogens is 172 g/mol. The number of rotatable bonds is 4. The summed E-state index contributed by atoms with van der Waals surface area (Å²) in [6.45, 7) is 11.6. The quantitative estimate of drug-likeness (QED) is 0.726. The molecule has 2 nitrogen and oxygen atoms in total. The Morgan fingerprint density at radius 3 is 1.50 bits per heavy atom. The largest absolute Gasteiger partial charge is 0.249 e. The summed E-state index contributed by atoms with van der Waals surface area (Å²) in [6, 6.07) is 0. The average Bonchev–Trinajstić information content (AvgIpc) is 2.26. The first-order valence-electron chi connectivity index (χ1n) is 4.91. The molecule has 0 radical (unpaired) electrons. The van der Waals surface area contributed by atoms with E-state index in [1.54, 1.807) is 12.2 Å². The SMILES string of the molecule is C=Cc1nc(CC)c(CC)nc1C=C. The van der Waals surface area contributed by atoms with Crippen molar-refractivity contribution in [2.24, 2.45) is 0 Å². The maximum Gasteiger partial charge on any atom is 0.0884 e. The summed E-state index contributed by atoms with van der Waals surface area (Å²) in [4.78, 5) is 9.00. The molecule has 1 heterocycles. The second kappa shape index (κ2) is 4.70. The van der Waals surface area contributed by atoms with Crippen molar-refractivity contribution in [3.05, 3.63) is 35.9 Å². The summed E-state index contributed by atoms with van der Waals surface area (Å²) in [5, 5.41) is 0. The Bertz CT molecular complexity index is 319. The Morgan fingerprint density at radius 2 is 1.29 bits per heavy atom. The van der Waals surface area contributed by atoms with Crippen molar-refractivity contribution in [3.63, 3.8) is 0 Å². The molecular formula is C12H16N2. The maximum absolute atomic E-state index is 4.50. The zero-order chi connectivity index (χ0) is 10.6. The first kappa shape index (κ1) is 10.6. The van der Waals surface area contributed by atoms with E-state index in [4.69, 9.17) is 0 Å². The van der Waals surface area contributed by atoms with Crippen LogP contribution in [0.5, 0.6) is 0 Å². The van der Waals surface area contributed by atoms with Crippen molar-refractivity contribution >= 4 is 12.2 Å². The third-order valence-electron chi connectivity index (χ3n) is 2.16. The molecule has 1 aromatic rings. The second-order valence-corrected chi connectivity index (χ2v) is 3.00. The predicted molar refractivity (Wildman–Crippen MR) is 61.0 cm³/mol. The summed E-state index contributed by atoms with van der Waals surface area (Å²) in [6.07, 6.45) is 5.27. The molecule has 0 atom stereocenters. The van der Waals surface area contributed by atoms with E-state index in [0.29, 0.717) is 0 Å². The molecule has 1 rings (SSSR count). The molecule has 0 saturated heterocycles. The molecule has 74 valence electrons. The number of aromatic nitrogens is 2. The number of aryl methyl sites for hydroxylation is 2. The fraction of sp³-hybridized carbons (Fsp3) is 0.333. The van der Waals surface area contributed by atoms with Gasteiger partial charge in [-0.25, -0.2) is 9.97 Å². The molecule has 0 amide bonds. The van der Waals surface area contributed by atoms with Crippen LogP contribution in [0.15, 0.2) is 13.2 Å². The van der Waals surface area contributed by atoms with Crippen LogP contribution in [-0.4, -0.2) is 9.97 Å². The van der Waals surface area contributed by atoms with Gasteiger partial charge in [0.05, 0.1) is 22.8 Å². The lowest BCUT2D eigenvalue weighted by Crippen LogP contribution is -2.04. The van der Waals surface area contributed by atoms with Crippen molar-refractivity contribution in [2.75, 3.05) is 0 Å². The topological polar surface area (TPSA) is 25.8 Å². The normalized spacial score (nSPS) is 9.86. The molecule has 2 heteroatoms. The Hall–Kier alpha value is -1.44. The van der Waals surface area contributed by atoms with E-state index in [9.17, 15) is 0 Å². The van der Waals surface area contributed by atoms with Gasteiger partial charge >= 0.3 is 0 Å². The Morgan fingerprint density at radius 1 is 0.929 bits per heavy atom. The van der Waals surface area contributed by atoms with Gasteiger partial charge in [0.25, 0.3) is 0 Å². The number of hydrogen-bond acceptors (Lipinski definition) is 2. The highest BCUT2D eigenvalue weighted by Crippen LogP contribution is 2.12. The Balaban J connectivity index is 3.34. The van der Waals surface area contributed by atoms with Gasteiger partial charge < -0.3 is 0 Å². The summed E-state index contributed by atoms with van der Waals surface area (Å²) in [5.74, 6) is 0. The van der Waals surface area contributed by atoms with Crippen LogP contribution in [-0.2, 0) is 12.8 Å². The lowest BCUT2D eigenvalue weighted by Gasteiger charge is -2.07. The summed E-state index contributed by atoms with van der Waals surface area (Å²) >= 11 is 0. The van der Waals surface area contributed by atoms with Crippen molar-refractivity contribution in [2.45, 2.75) is 26.7 Å². The van der Waals surface area contributed by atoms with Crippen LogP contribution in [0.4, 0.5) is 0 Å². The molecule has 0 aromatic carbocycles. The van der Waals surface area contributed by atoms with E-state index in [-0.39, 0.29) is 0 Å². The van der Waals surface area contributed by atoms with Crippen LogP contribution in [0.3, 0.4) is 0 Å². The van der Waals surface area contributed by atoms with Crippen molar-refractivity contribution in [1.29, 1.82) is 0 Å². The highest BCUT2D eigenvalue weighted by atomic mass is 14.8. The van der Waals surface area contributed by atoms with Crippen LogP contribution in [0.2, 0.25) is 0 Å². The smallest absolute Gasteiger partial charge is 0.0884 e. The molecule has 0 aliphatic rings. The first-order chi connectivity index (χ1) is 6.76. The van der Waals surface area contributed by atoms with Gasteiger partial charge in [0, 0.05) is 0 Å². The standard InChI is InChI=1S/C12H16N2/c1-5-9-10(6-2)14-12(8-4)11(7-3)13-9/h5-6H,1-2,7-8H2,3-4H3. The van der Waals surface area contributed by atoms with E-state index in [2.05, 4.69) is 37.0 Å². The fourth-order valence-corrected chi connectivity index (χ4v) is 1.40. The molecule has 0 aliphatic carbocycles. The van der Waals surface area contributed by atoms with E-state index in [1.165, 1.54) is 0 Å². The minimum absolute atomic E-state index is 0.828. The lowest BCUT2D eigenvalue weighted by molar-refractivity contribution is 0.894. The maximum atomic E-state index is 4.50. The second-order valence-electron chi connectivity index (χ2n) is 3.00. The van der Waals surface area contributed by atoms with Crippen LogP contribution in [0, 0.1) is 0 Å². The molecule has 0 fully saturated rings. The molecule has 0 bridgehead atoms. The Kier molecular flexibility index (Phi) is 3.57. The third kappa shape index (κ3) is 1.90. The van der Waals surface area contributed by atoms with Crippen molar-refractivity contribution in [3.8, 4) is 0 Å². The van der Waals surface area contributed by atoms with Crippen LogP contribution < -0.4 is 0 Å². The zero-order valence-corrected chi connectivity index (χ0v) is 8.88. The third-order valence-corrected chi connectivity index (χ3v) is 2.16. The predicted octanol–water partition coefficient (Wildman–Crippen LogP) is 2.89. The van der Waals surface area contributed by atoms with Gasteiger partial charge in [0.2, 0.25) is 0 Å². The average molecular weight is 188 g/mol. The van der Waals surface area contributed by atoms with Crippen LogP contribution in [0.1, 0.15) is 36.6 Å². The minimum atomic E-state index is 0.828. The minimum Gasteiger partial charge on any atom is -0.249 e. The molecule has 0 unspecified atom stereocenters. The first-order valence-corrected chi connectivity index (χ1v) is 4.91. The molecule has 0 aliphatic heterocycles. The molecule has 0 N–H and O–H groups in total. The van der Waals surface area contributed by atoms with Gasteiger partial charge in [-0.05, 0) is 25.0 Å². The van der Waals surface area contributed by atoms with Crippen molar-refractivity contribution in [1.82, 2.24) is 9.97 Å². The van der Waals surface area contributed by atoms with Gasteiger partial charge in [-0.3, -0.25) is 0 Å². The highest BCUT2D eigenvalue weighted by Gasteiger charge is 2.06. The van der Waals surface area contributed by atoms with Crippen LogP contribution >= 0.6 is 0 Å². The Labute approximate surface area is 85.4 Å². The van der Waals surface area contributed by atoms with Gasteiger partial charge in [0.15, 0.2) is 0 Å². The van der Waals surface area contributed by atoms with Gasteiger partial charge in [-0.2, -0.15) is 0 Å². The van der Waals surface area contributed by atoms with Crippen molar-refractivity contribution < 1.29 is 0 Å². The van der Waals surface area contributed by atoms with Gasteiger partial charge in [-0.1, -0.05) is 27.0 Å². The highest BCUT2D eigenvalue weighted by molar-refractivity contribution is 5.57. The molecule has 1 aromatic heterocycles. The van der Waals surface area contributed by atoms with E-state index < -0.39 is 0 Å². The zero-order valence-electron chi connectivity index (χ0n) is 8.88. The van der Waals surface area contributed by atoms with Crippen LogP contribution in [0.25, 0.3) is 12.2 Å². The molecule has 0 saturated carbocycles. The molecule has 14 heavy (non-hydrogen) atoms. The van der Waals surface area contributed by atoms with Gasteiger partial charge in [0.1, 0.15) is 0 Å². The van der Waals surface area contributed by atoms with Gasteiger partial charge in [-0.15, -0.1) is 0 Å². The van der Waals surface area contributed by atoms with E-state index in [1.807, 2.05) is 0 Å². The van der Waals surface area contributed by atoms with E-state index in [0.717, 1.165) is 35.6 Å². The molecule has 0 spiro atoms. The van der Waals surface area contributed by atoms with E-state index >= 15 is 0 Å². The number of nitrogens with zero attached hydrogens (tertiary/aromatic N) is 2. The monoisotopic (exact) mass is 188 g/mol. The summed E-state index contributed by atoms with van der Waals surface area (Å²) < 4.78 is 0.